The molecular weight excluding hydrogens is 258 g/mol. The SMILES string of the molecule is N#CC1(C(=O)N2CCOCC2C(=O)NC2CC2)CCC1. The summed E-state index contributed by atoms with van der Waals surface area (Å²) in [7, 11) is 0. The fourth-order valence-corrected chi connectivity index (χ4v) is 2.77. The Morgan fingerprint density at radius 3 is 2.65 bits per heavy atom. The average molecular weight is 277 g/mol. The van der Waals surface area contributed by atoms with Crippen LogP contribution >= 0.6 is 0 Å². The number of nitrogens with one attached hydrogen (secondary N) is 1. The van der Waals surface area contributed by atoms with E-state index in [1.807, 2.05) is 0 Å². The third kappa shape index (κ3) is 2.27. The van der Waals surface area contributed by atoms with Crippen molar-refractivity contribution >= 4 is 11.8 Å². The summed E-state index contributed by atoms with van der Waals surface area (Å²) >= 11 is 0. The van der Waals surface area contributed by atoms with Crippen LogP contribution in [-0.4, -0.2) is 48.6 Å². The van der Waals surface area contributed by atoms with Crippen molar-refractivity contribution in [3.63, 3.8) is 0 Å². The van der Waals surface area contributed by atoms with Crippen LogP contribution in [0.2, 0.25) is 0 Å². The van der Waals surface area contributed by atoms with E-state index in [0.29, 0.717) is 26.0 Å². The Hall–Kier alpha value is -1.61. The predicted molar refractivity (Wildman–Crippen MR) is 69.4 cm³/mol. The van der Waals surface area contributed by atoms with Gasteiger partial charge in [-0.2, -0.15) is 5.26 Å². The van der Waals surface area contributed by atoms with Gasteiger partial charge in [0.2, 0.25) is 11.8 Å². The minimum absolute atomic E-state index is 0.145. The first-order valence-electron chi connectivity index (χ1n) is 7.27. The van der Waals surface area contributed by atoms with Gasteiger partial charge in [-0.1, -0.05) is 0 Å². The largest absolute Gasteiger partial charge is 0.377 e. The molecule has 0 aromatic rings. The highest BCUT2D eigenvalue weighted by atomic mass is 16.5. The Balaban J connectivity index is 1.72. The first-order valence-corrected chi connectivity index (χ1v) is 7.27. The summed E-state index contributed by atoms with van der Waals surface area (Å²) in [6.07, 6.45) is 4.14. The minimum atomic E-state index is -0.893. The summed E-state index contributed by atoms with van der Waals surface area (Å²) in [6, 6.07) is 1.84. The van der Waals surface area contributed by atoms with Gasteiger partial charge in [-0.3, -0.25) is 9.59 Å². The predicted octanol–water partition coefficient (Wildman–Crippen LogP) is 0.186. The van der Waals surface area contributed by atoms with Crippen molar-refractivity contribution in [1.29, 1.82) is 5.26 Å². The first-order chi connectivity index (χ1) is 9.66. The molecule has 1 unspecified atom stereocenters. The maximum Gasteiger partial charge on any atom is 0.245 e. The standard InChI is InChI=1S/C14H19N3O3/c15-9-14(4-1-5-14)13(19)17-6-7-20-8-11(17)12(18)16-10-2-3-10/h10-11H,1-8H2,(H,16,18). The molecule has 0 radical (unpaired) electrons. The quantitative estimate of drug-likeness (QED) is 0.798. The van der Waals surface area contributed by atoms with Crippen LogP contribution in [0, 0.1) is 16.7 Å². The van der Waals surface area contributed by atoms with Gasteiger partial charge in [0, 0.05) is 12.6 Å². The normalized spacial score (nSPS) is 28.1. The van der Waals surface area contributed by atoms with Crippen LogP contribution < -0.4 is 5.32 Å². The summed E-state index contributed by atoms with van der Waals surface area (Å²) < 4.78 is 5.35. The summed E-state index contributed by atoms with van der Waals surface area (Å²) in [5.74, 6) is -0.335. The Kier molecular flexibility index (Phi) is 3.38. The van der Waals surface area contributed by atoms with Crippen LogP contribution in [0.1, 0.15) is 32.1 Å². The summed E-state index contributed by atoms with van der Waals surface area (Å²) in [5, 5.41) is 12.2. The lowest BCUT2D eigenvalue weighted by Gasteiger charge is -2.42. The van der Waals surface area contributed by atoms with Gasteiger partial charge in [0.15, 0.2) is 0 Å². The van der Waals surface area contributed by atoms with E-state index >= 15 is 0 Å². The van der Waals surface area contributed by atoms with Crippen LogP contribution in [0.5, 0.6) is 0 Å². The van der Waals surface area contributed by atoms with Gasteiger partial charge < -0.3 is 15.0 Å². The van der Waals surface area contributed by atoms with E-state index in [4.69, 9.17) is 4.74 Å². The van der Waals surface area contributed by atoms with E-state index in [2.05, 4.69) is 11.4 Å². The Morgan fingerprint density at radius 1 is 1.35 bits per heavy atom. The maximum absolute atomic E-state index is 12.6. The maximum atomic E-state index is 12.6. The molecule has 3 fully saturated rings. The molecule has 1 aliphatic heterocycles. The number of carbonyl (C=O) groups is 2. The van der Waals surface area contributed by atoms with Crippen molar-refractivity contribution < 1.29 is 14.3 Å². The van der Waals surface area contributed by atoms with Crippen molar-refractivity contribution in [3.8, 4) is 6.07 Å². The highest BCUT2D eigenvalue weighted by Gasteiger charge is 2.49. The molecule has 6 heteroatoms. The van der Waals surface area contributed by atoms with Gasteiger partial charge in [0.1, 0.15) is 11.5 Å². The fourth-order valence-electron chi connectivity index (χ4n) is 2.77. The summed E-state index contributed by atoms with van der Waals surface area (Å²) in [4.78, 5) is 26.4. The lowest BCUT2D eigenvalue weighted by molar-refractivity contribution is -0.157. The zero-order valence-corrected chi connectivity index (χ0v) is 11.4. The molecule has 1 heterocycles. The summed E-state index contributed by atoms with van der Waals surface area (Å²) in [5.41, 5.74) is -0.893. The highest BCUT2D eigenvalue weighted by Crippen LogP contribution is 2.42. The minimum Gasteiger partial charge on any atom is -0.377 e. The van der Waals surface area contributed by atoms with Crippen LogP contribution in [0.15, 0.2) is 0 Å². The number of rotatable bonds is 3. The van der Waals surface area contributed by atoms with Crippen molar-refractivity contribution in [2.45, 2.75) is 44.2 Å². The zero-order chi connectivity index (χ0) is 14.2. The topological polar surface area (TPSA) is 82.4 Å². The smallest absolute Gasteiger partial charge is 0.245 e. The Bertz CT molecular complexity index is 463. The molecule has 2 amide bonds. The first kappa shape index (κ1) is 13.4. The molecule has 108 valence electrons. The molecular formula is C14H19N3O3. The molecule has 0 aromatic heterocycles. The number of carbonyl (C=O) groups excluding carboxylic acids is 2. The Morgan fingerprint density at radius 2 is 2.10 bits per heavy atom. The molecule has 2 saturated carbocycles. The second-order valence-corrected chi connectivity index (χ2v) is 5.92. The third-order valence-electron chi connectivity index (χ3n) is 4.45. The van der Waals surface area contributed by atoms with E-state index in [0.717, 1.165) is 19.3 Å². The highest BCUT2D eigenvalue weighted by molar-refractivity contribution is 5.92. The van der Waals surface area contributed by atoms with Crippen molar-refractivity contribution in [2.75, 3.05) is 19.8 Å². The van der Waals surface area contributed by atoms with Gasteiger partial charge in [-0.15, -0.1) is 0 Å². The number of amides is 2. The van der Waals surface area contributed by atoms with Crippen LogP contribution in [0.4, 0.5) is 0 Å². The monoisotopic (exact) mass is 277 g/mol. The molecule has 1 saturated heterocycles. The molecule has 1 N–H and O–H groups in total. The van der Waals surface area contributed by atoms with E-state index in [9.17, 15) is 14.9 Å². The van der Waals surface area contributed by atoms with Crippen LogP contribution in [0.3, 0.4) is 0 Å². The van der Waals surface area contributed by atoms with Gasteiger partial charge in [0.25, 0.3) is 0 Å². The molecule has 20 heavy (non-hydrogen) atoms. The number of hydrogen-bond donors (Lipinski definition) is 1. The second-order valence-electron chi connectivity index (χ2n) is 5.92. The number of nitriles is 1. The fraction of sp³-hybridized carbons (Fsp3) is 0.786. The van der Waals surface area contributed by atoms with Crippen LogP contribution in [-0.2, 0) is 14.3 Å². The molecule has 3 aliphatic rings. The Labute approximate surface area is 118 Å². The molecule has 0 bridgehead atoms. The number of ether oxygens (including phenoxy) is 1. The van der Waals surface area contributed by atoms with Gasteiger partial charge in [0.05, 0.1) is 19.3 Å². The molecule has 0 spiro atoms. The second kappa shape index (κ2) is 5.06. The van der Waals surface area contributed by atoms with Crippen molar-refractivity contribution in [3.05, 3.63) is 0 Å². The third-order valence-corrected chi connectivity index (χ3v) is 4.45. The molecule has 0 aromatic carbocycles. The lowest BCUT2D eigenvalue weighted by atomic mass is 9.68. The van der Waals surface area contributed by atoms with E-state index in [1.165, 1.54) is 0 Å². The average Bonchev–Trinajstić information content (AvgIpc) is 3.22. The zero-order valence-electron chi connectivity index (χ0n) is 11.4. The lowest BCUT2D eigenvalue weighted by Crippen LogP contribution is -2.60. The van der Waals surface area contributed by atoms with Crippen molar-refractivity contribution in [1.82, 2.24) is 10.2 Å². The summed E-state index contributed by atoms with van der Waals surface area (Å²) in [6.45, 7) is 1.05. The number of hydrogen-bond acceptors (Lipinski definition) is 4. The number of morpholine rings is 1. The van der Waals surface area contributed by atoms with Crippen molar-refractivity contribution in [2.24, 2.45) is 5.41 Å². The van der Waals surface area contributed by atoms with E-state index < -0.39 is 11.5 Å². The molecule has 2 aliphatic carbocycles. The molecule has 1 atom stereocenters. The molecule has 3 rings (SSSR count). The van der Waals surface area contributed by atoms with E-state index in [1.54, 1.807) is 4.90 Å². The van der Waals surface area contributed by atoms with Crippen LogP contribution in [0.25, 0.3) is 0 Å². The van der Waals surface area contributed by atoms with Gasteiger partial charge in [-0.25, -0.2) is 0 Å². The molecule has 6 nitrogen and oxygen atoms in total. The van der Waals surface area contributed by atoms with Gasteiger partial charge in [-0.05, 0) is 32.1 Å². The number of nitrogens with zero attached hydrogens (tertiary/aromatic N) is 2. The van der Waals surface area contributed by atoms with Gasteiger partial charge >= 0.3 is 0 Å². The van der Waals surface area contributed by atoms with E-state index in [-0.39, 0.29) is 24.5 Å².